The van der Waals surface area contributed by atoms with Crippen molar-refractivity contribution in [3.05, 3.63) is 94.5 Å². The molecule has 0 spiro atoms. The third-order valence-electron chi connectivity index (χ3n) is 6.04. The van der Waals surface area contributed by atoms with Crippen molar-refractivity contribution < 1.29 is 19.0 Å². The first-order valence-corrected chi connectivity index (χ1v) is 12.8. The average Bonchev–Trinajstić information content (AvgIpc) is 3.54. The van der Waals surface area contributed by atoms with Crippen LogP contribution >= 0.6 is 11.3 Å². The number of nitrogens with zero attached hydrogens (tertiary/aromatic N) is 2. The van der Waals surface area contributed by atoms with Gasteiger partial charge in [0.15, 0.2) is 0 Å². The minimum Gasteiger partial charge on any atom is -0.497 e. The molecule has 0 aliphatic carbocycles. The molecule has 0 saturated heterocycles. The third kappa shape index (κ3) is 6.40. The number of hydrogen-bond acceptors (Lipinski definition) is 6. The van der Waals surface area contributed by atoms with Crippen LogP contribution in [0.1, 0.15) is 26.6 Å². The molecule has 2 heterocycles. The monoisotopic (exact) mass is 517 g/mol. The molecular weight excluding hydrogens is 486 g/mol. The number of hydrogen-bond donors (Lipinski definition) is 1. The van der Waals surface area contributed by atoms with Crippen molar-refractivity contribution in [2.75, 3.05) is 20.8 Å². The van der Waals surface area contributed by atoms with Crippen LogP contribution in [0.3, 0.4) is 0 Å². The van der Waals surface area contributed by atoms with E-state index in [0.29, 0.717) is 25.3 Å². The highest BCUT2D eigenvalue weighted by molar-refractivity contribution is 7.09. The number of methoxy groups -OCH3 is 2. The predicted octanol–water partition coefficient (Wildman–Crippen LogP) is 5.67. The second kappa shape index (κ2) is 12.3. The van der Waals surface area contributed by atoms with Gasteiger partial charge in [0.2, 0.25) is 0 Å². The fourth-order valence-electron chi connectivity index (χ4n) is 3.98. The minimum absolute atomic E-state index is 0.125. The SMILES string of the molecule is C=CCNC(=O)c1cc(-c2csc(COc3ccc(OC)cc3)n2)n(CCc2ccc(OC)cc2)c1C. The van der Waals surface area contributed by atoms with Gasteiger partial charge in [-0.1, -0.05) is 18.2 Å². The zero-order chi connectivity index (χ0) is 26.2. The van der Waals surface area contributed by atoms with Crippen LogP contribution in [-0.2, 0) is 19.6 Å². The molecule has 8 heteroatoms. The standard InChI is InChI=1S/C29H31N3O4S/c1-5-15-30-29(33)25-17-27(32(20(25)2)16-14-21-6-8-22(34-3)9-7-21)26-19-37-28(31-26)18-36-24-12-10-23(35-4)11-13-24/h5-13,17,19H,1,14-16,18H2,2-4H3,(H,30,33). The van der Waals surface area contributed by atoms with Crippen LogP contribution in [0.4, 0.5) is 0 Å². The summed E-state index contributed by atoms with van der Waals surface area (Å²) in [6.45, 7) is 7.14. The largest absolute Gasteiger partial charge is 0.497 e. The molecule has 0 aliphatic heterocycles. The molecule has 4 rings (SSSR count). The van der Waals surface area contributed by atoms with Gasteiger partial charge in [-0.15, -0.1) is 17.9 Å². The summed E-state index contributed by atoms with van der Waals surface area (Å²) in [6, 6.07) is 17.4. The van der Waals surface area contributed by atoms with Gasteiger partial charge < -0.3 is 24.1 Å². The van der Waals surface area contributed by atoms with E-state index in [0.717, 1.165) is 45.8 Å². The Hall–Kier alpha value is -4.04. The zero-order valence-electron chi connectivity index (χ0n) is 21.3. The maximum absolute atomic E-state index is 12.8. The second-order valence-electron chi connectivity index (χ2n) is 8.37. The second-order valence-corrected chi connectivity index (χ2v) is 9.31. The average molecular weight is 518 g/mol. The van der Waals surface area contributed by atoms with Crippen molar-refractivity contribution >= 4 is 17.2 Å². The van der Waals surface area contributed by atoms with E-state index in [4.69, 9.17) is 19.2 Å². The van der Waals surface area contributed by atoms with Crippen molar-refractivity contribution in [1.29, 1.82) is 0 Å². The van der Waals surface area contributed by atoms with E-state index in [2.05, 4.69) is 28.6 Å². The number of aryl methyl sites for hydroxylation is 1. The Morgan fingerprint density at radius 3 is 2.35 bits per heavy atom. The van der Waals surface area contributed by atoms with Crippen LogP contribution in [0, 0.1) is 6.92 Å². The fourth-order valence-corrected chi connectivity index (χ4v) is 4.68. The molecule has 0 aliphatic rings. The molecule has 0 fully saturated rings. The molecular formula is C29H31N3O4S. The predicted molar refractivity (Wildman–Crippen MR) is 147 cm³/mol. The summed E-state index contributed by atoms with van der Waals surface area (Å²) < 4.78 is 18.5. The van der Waals surface area contributed by atoms with Gasteiger partial charge in [0.05, 0.1) is 31.2 Å². The maximum Gasteiger partial charge on any atom is 0.253 e. The van der Waals surface area contributed by atoms with E-state index in [9.17, 15) is 4.79 Å². The molecule has 0 saturated carbocycles. The van der Waals surface area contributed by atoms with Crippen molar-refractivity contribution in [2.24, 2.45) is 0 Å². The summed E-state index contributed by atoms with van der Waals surface area (Å²) in [4.78, 5) is 17.7. The summed E-state index contributed by atoms with van der Waals surface area (Å²) in [6.07, 6.45) is 2.47. The van der Waals surface area contributed by atoms with E-state index < -0.39 is 0 Å². The summed E-state index contributed by atoms with van der Waals surface area (Å²) in [5, 5.41) is 5.75. The molecule has 2 aromatic heterocycles. The topological polar surface area (TPSA) is 74.6 Å². The Kier molecular flexibility index (Phi) is 8.64. The number of amides is 1. The lowest BCUT2D eigenvalue weighted by Crippen LogP contribution is -2.23. The smallest absolute Gasteiger partial charge is 0.253 e. The van der Waals surface area contributed by atoms with Crippen LogP contribution in [0.15, 0.2) is 72.6 Å². The summed E-state index contributed by atoms with van der Waals surface area (Å²) in [7, 11) is 3.30. The number of aromatic nitrogens is 2. The van der Waals surface area contributed by atoms with E-state index in [-0.39, 0.29) is 5.91 Å². The van der Waals surface area contributed by atoms with Gasteiger partial charge in [0.1, 0.15) is 28.9 Å². The van der Waals surface area contributed by atoms with E-state index in [1.165, 1.54) is 16.9 Å². The molecule has 0 bridgehead atoms. The number of thiazole rings is 1. The van der Waals surface area contributed by atoms with E-state index >= 15 is 0 Å². The Morgan fingerprint density at radius 2 is 1.70 bits per heavy atom. The first kappa shape index (κ1) is 26.0. The number of rotatable bonds is 12. The molecule has 0 atom stereocenters. The molecule has 4 aromatic rings. The number of ether oxygens (including phenoxy) is 3. The van der Waals surface area contributed by atoms with Crippen LogP contribution in [0.5, 0.6) is 17.2 Å². The number of nitrogens with one attached hydrogen (secondary N) is 1. The summed E-state index contributed by atoms with van der Waals surface area (Å²) in [5.41, 5.74) is 4.44. The normalized spacial score (nSPS) is 10.7. The lowest BCUT2D eigenvalue weighted by Gasteiger charge is -2.12. The summed E-state index contributed by atoms with van der Waals surface area (Å²) >= 11 is 1.53. The fraction of sp³-hybridized carbons (Fsp3) is 0.241. The Morgan fingerprint density at radius 1 is 1.05 bits per heavy atom. The van der Waals surface area contributed by atoms with Gasteiger partial charge >= 0.3 is 0 Å². The van der Waals surface area contributed by atoms with Gasteiger partial charge in [-0.25, -0.2) is 4.98 Å². The highest BCUT2D eigenvalue weighted by Crippen LogP contribution is 2.29. The van der Waals surface area contributed by atoms with Crippen molar-refractivity contribution in [3.8, 4) is 28.6 Å². The molecule has 2 aromatic carbocycles. The molecule has 37 heavy (non-hydrogen) atoms. The molecule has 192 valence electrons. The highest BCUT2D eigenvalue weighted by atomic mass is 32.1. The van der Waals surface area contributed by atoms with Gasteiger partial charge in [-0.2, -0.15) is 0 Å². The van der Waals surface area contributed by atoms with Gasteiger partial charge in [0.25, 0.3) is 5.91 Å². The minimum atomic E-state index is -0.125. The molecule has 1 amide bonds. The Balaban J connectivity index is 1.55. The van der Waals surface area contributed by atoms with Gasteiger partial charge in [0, 0.05) is 24.2 Å². The van der Waals surface area contributed by atoms with Crippen LogP contribution in [-0.4, -0.2) is 36.2 Å². The van der Waals surface area contributed by atoms with Gasteiger partial charge in [-0.05, 0) is 61.4 Å². The number of carbonyl (C=O) groups is 1. The number of carbonyl (C=O) groups excluding carboxylic acids is 1. The lowest BCUT2D eigenvalue weighted by molar-refractivity contribution is 0.0957. The molecule has 1 N–H and O–H groups in total. The third-order valence-corrected chi connectivity index (χ3v) is 6.86. The van der Waals surface area contributed by atoms with E-state index in [1.807, 2.05) is 54.8 Å². The molecule has 0 unspecified atom stereocenters. The number of benzene rings is 2. The first-order valence-electron chi connectivity index (χ1n) is 12.0. The van der Waals surface area contributed by atoms with Crippen LogP contribution < -0.4 is 19.5 Å². The van der Waals surface area contributed by atoms with Crippen LogP contribution in [0.25, 0.3) is 11.4 Å². The Labute approximate surface area is 221 Å². The first-order chi connectivity index (χ1) is 18.0. The quantitative estimate of drug-likeness (QED) is 0.245. The molecule has 0 radical (unpaired) electrons. The highest BCUT2D eigenvalue weighted by Gasteiger charge is 2.20. The zero-order valence-corrected chi connectivity index (χ0v) is 22.1. The van der Waals surface area contributed by atoms with Gasteiger partial charge in [-0.3, -0.25) is 4.79 Å². The van der Waals surface area contributed by atoms with E-state index in [1.54, 1.807) is 20.3 Å². The van der Waals surface area contributed by atoms with Crippen molar-refractivity contribution in [3.63, 3.8) is 0 Å². The lowest BCUT2D eigenvalue weighted by atomic mass is 10.1. The van der Waals surface area contributed by atoms with Crippen molar-refractivity contribution in [1.82, 2.24) is 14.9 Å². The van der Waals surface area contributed by atoms with Crippen LogP contribution in [0.2, 0.25) is 0 Å². The molecule has 7 nitrogen and oxygen atoms in total. The Bertz CT molecular complexity index is 1340. The summed E-state index contributed by atoms with van der Waals surface area (Å²) in [5.74, 6) is 2.23. The maximum atomic E-state index is 12.8. The van der Waals surface area contributed by atoms with Crippen molar-refractivity contribution in [2.45, 2.75) is 26.5 Å².